The van der Waals surface area contributed by atoms with Crippen LogP contribution >= 0.6 is 0 Å². The summed E-state index contributed by atoms with van der Waals surface area (Å²) in [4.78, 5) is 0. The molecule has 84 valence electrons. The first-order valence-electron chi connectivity index (χ1n) is 5.83. The van der Waals surface area contributed by atoms with Crippen molar-refractivity contribution >= 4 is 0 Å². The average molecular weight is 201 g/mol. The van der Waals surface area contributed by atoms with E-state index in [-0.39, 0.29) is 12.1 Å². The Morgan fingerprint density at radius 1 is 1.29 bits per heavy atom. The summed E-state index contributed by atoms with van der Waals surface area (Å²) in [5.74, 6) is 0. The van der Waals surface area contributed by atoms with Crippen molar-refractivity contribution in [3.63, 3.8) is 0 Å². The molecule has 0 aliphatic heterocycles. The number of hydrogen-bond acceptors (Lipinski definition) is 3. The fourth-order valence-electron chi connectivity index (χ4n) is 1.99. The van der Waals surface area contributed by atoms with E-state index in [0.29, 0.717) is 0 Å². The largest absolute Gasteiger partial charge is 0.392 e. The van der Waals surface area contributed by atoms with Crippen LogP contribution in [0.5, 0.6) is 0 Å². The number of ether oxygens (including phenoxy) is 1. The van der Waals surface area contributed by atoms with Crippen molar-refractivity contribution < 1.29 is 9.84 Å². The van der Waals surface area contributed by atoms with Crippen molar-refractivity contribution in [3.05, 3.63) is 0 Å². The van der Waals surface area contributed by atoms with Gasteiger partial charge in [-0.2, -0.15) is 0 Å². The van der Waals surface area contributed by atoms with Gasteiger partial charge in [-0.3, -0.25) is 0 Å². The first-order valence-corrected chi connectivity index (χ1v) is 5.83. The third-order valence-corrected chi connectivity index (χ3v) is 2.84. The third kappa shape index (κ3) is 4.40. The maximum Gasteiger partial charge on any atom is 0.0693 e. The molecule has 3 nitrogen and oxygen atoms in total. The molecule has 2 N–H and O–H groups in total. The molecular weight excluding hydrogens is 178 g/mol. The van der Waals surface area contributed by atoms with E-state index in [1.807, 2.05) is 6.92 Å². The summed E-state index contributed by atoms with van der Waals surface area (Å²) < 4.78 is 5.25. The molecule has 0 aromatic heterocycles. The predicted octanol–water partition coefficient (Wildman–Crippen LogP) is 1.31. The van der Waals surface area contributed by atoms with E-state index in [0.717, 1.165) is 32.6 Å². The normalized spacial score (nSPS) is 28.7. The van der Waals surface area contributed by atoms with Crippen molar-refractivity contribution in [1.29, 1.82) is 0 Å². The monoisotopic (exact) mass is 201 g/mol. The van der Waals surface area contributed by atoms with E-state index >= 15 is 0 Å². The lowest BCUT2D eigenvalue weighted by atomic mass is 10.1. The van der Waals surface area contributed by atoms with Crippen LogP contribution in [0, 0.1) is 0 Å². The quantitative estimate of drug-likeness (QED) is 0.520. The van der Waals surface area contributed by atoms with Gasteiger partial charge in [0.05, 0.1) is 12.7 Å². The minimum atomic E-state index is -0.154. The highest BCUT2D eigenvalue weighted by atomic mass is 16.5. The highest BCUT2D eigenvalue weighted by Crippen LogP contribution is 2.17. The first kappa shape index (κ1) is 12.0. The smallest absolute Gasteiger partial charge is 0.0693 e. The van der Waals surface area contributed by atoms with Crippen LogP contribution in [-0.2, 0) is 4.74 Å². The summed E-state index contributed by atoms with van der Waals surface area (Å²) in [7, 11) is 0. The van der Waals surface area contributed by atoms with Crippen LogP contribution < -0.4 is 5.32 Å². The van der Waals surface area contributed by atoms with Crippen molar-refractivity contribution in [1.82, 2.24) is 5.32 Å². The topological polar surface area (TPSA) is 41.5 Å². The molecule has 0 saturated heterocycles. The minimum Gasteiger partial charge on any atom is -0.392 e. The summed E-state index contributed by atoms with van der Waals surface area (Å²) in [6, 6.07) is 0.290. The lowest BCUT2D eigenvalue weighted by Crippen LogP contribution is -2.40. The summed E-state index contributed by atoms with van der Waals surface area (Å²) in [5, 5.41) is 13.2. The Morgan fingerprint density at radius 3 is 2.86 bits per heavy atom. The molecule has 0 aromatic carbocycles. The van der Waals surface area contributed by atoms with E-state index in [4.69, 9.17) is 4.74 Å². The highest BCUT2D eigenvalue weighted by molar-refractivity contribution is 4.78. The van der Waals surface area contributed by atoms with Crippen LogP contribution in [0.25, 0.3) is 0 Å². The summed E-state index contributed by atoms with van der Waals surface area (Å²) >= 11 is 0. The predicted molar refractivity (Wildman–Crippen MR) is 57.4 cm³/mol. The van der Waals surface area contributed by atoms with Crippen LogP contribution in [0.15, 0.2) is 0 Å². The second-order valence-electron chi connectivity index (χ2n) is 3.96. The number of rotatable bonds is 5. The van der Waals surface area contributed by atoms with Gasteiger partial charge in [-0.05, 0) is 19.8 Å². The Labute approximate surface area is 86.8 Å². The van der Waals surface area contributed by atoms with Crippen LogP contribution in [0.3, 0.4) is 0 Å². The molecular formula is C11H23NO2. The number of nitrogens with one attached hydrogen (secondary N) is 1. The van der Waals surface area contributed by atoms with Gasteiger partial charge in [0.25, 0.3) is 0 Å². The molecule has 0 spiro atoms. The van der Waals surface area contributed by atoms with Gasteiger partial charge in [0, 0.05) is 19.2 Å². The summed E-state index contributed by atoms with van der Waals surface area (Å²) in [6.07, 6.45) is 5.58. The molecule has 0 radical (unpaired) electrons. The molecule has 1 rings (SSSR count). The van der Waals surface area contributed by atoms with Gasteiger partial charge in [0.1, 0.15) is 0 Å². The minimum absolute atomic E-state index is 0.154. The zero-order valence-electron chi connectivity index (χ0n) is 9.17. The molecule has 1 aliphatic rings. The van der Waals surface area contributed by atoms with Gasteiger partial charge in [0.2, 0.25) is 0 Å². The molecule has 0 heterocycles. The van der Waals surface area contributed by atoms with Crippen molar-refractivity contribution in [2.45, 2.75) is 51.2 Å². The van der Waals surface area contributed by atoms with Crippen LogP contribution in [0.4, 0.5) is 0 Å². The van der Waals surface area contributed by atoms with E-state index < -0.39 is 0 Å². The fourth-order valence-corrected chi connectivity index (χ4v) is 1.99. The van der Waals surface area contributed by atoms with Gasteiger partial charge < -0.3 is 15.2 Å². The SMILES string of the molecule is CCOCCNC1CCCCCC1O. The van der Waals surface area contributed by atoms with Crippen LogP contribution in [-0.4, -0.2) is 37.0 Å². The molecule has 0 amide bonds. The standard InChI is InChI=1S/C11H23NO2/c1-2-14-9-8-12-10-6-4-3-5-7-11(10)13/h10-13H,2-9H2,1H3. The lowest BCUT2D eigenvalue weighted by Gasteiger charge is -2.21. The molecule has 3 heteroatoms. The van der Waals surface area contributed by atoms with Gasteiger partial charge in [-0.15, -0.1) is 0 Å². The van der Waals surface area contributed by atoms with Gasteiger partial charge >= 0.3 is 0 Å². The van der Waals surface area contributed by atoms with Crippen LogP contribution in [0.1, 0.15) is 39.0 Å². The van der Waals surface area contributed by atoms with E-state index in [9.17, 15) is 5.11 Å². The maximum atomic E-state index is 9.80. The van der Waals surface area contributed by atoms with E-state index in [2.05, 4.69) is 5.32 Å². The molecule has 0 bridgehead atoms. The Kier molecular flexibility index (Phi) is 6.15. The van der Waals surface area contributed by atoms with E-state index in [1.165, 1.54) is 19.3 Å². The number of aliphatic hydroxyl groups excluding tert-OH is 1. The average Bonchev–Trinajstić information content (AvgIpc) is 2.39. The zero-order chi connectivity index (χ0) is 10.2. The van der Waals surface area contributed by atoms with E-state index in [1.54, 1.807) is 0 Å². The van der Waals surface area contributed by atoms with Crippen molar-refractivity contribution in [2.75, 3.05) is 19.8 Å². The van der Waals surface area contributed by atoms with Gasteiger partial charge in [0.15, 0.2) is 0 Å². The summed E-state index contributed by atoms with van der Waals surface area (Å²) in [5.41, 5.74) is 0. The molecule has 1 aliphatic carbocycles. The Morgan fingerprint density at radius 2 is 2.07 bits per heavy atom. The maximum absolute atomic E-state index is 9.80. The lowest BCUT2D eigenvalue weighted by molar-refractivity contribution is 0.105. The van der Waals surface area contributed by atoms with Gasteiger partial charge in [-0.1, -0.05) is 19.3 Å². The summed E-state index contributed by atoms with van der Waals surface area (Å²) in [6.45, 7) is 4.38. The fraction of sp³-hybridized carbons (Fsp3) is 1.00. The molecule has 14 heavy (non-hydrogen) atoms. The van der Waals surface area contributed by atoms with Crippen molar-refractivity contribution in [2.24, 2.45) is 0 Å². The molecule has 2 atom stereocenters. The second-order valence-corrected chi connectivity index (χ2v) is 3.96. The number of hydrogen-bond donors (Lipinski definition) is 2. The van der Waals surface area contributed by atoms with Gasteiger partial charge in [-0.25, -0.2) is 0 Å². The number of aliphatic hydroxyl groups is 1. The Bertz CT molecular complexity index is 141. The molecule has 1 saturated carbocycles. The van der Waals surface area contributed by atoms with Crippen molar-refractivity contribution in [3.8, 4) is 0 Å². The third-order valence-electron chi connectivity index (χ3n) is 2.84. The second kappa shape index (κ2) is 7.21. The molecule has 2 unspecified atom stereocenters. The van der Waals surface area contributed by atoms with Crippen LogP contribution in [0.2, 0.25) is 0 Å². The zero-order valence-corrected chi connectivity index (χ0v) is 9.17. The Balaban J connectivity index is 2.13. The molecule has 1 fully saturated rings. The molecule has 0 aromatic rings. The Hall–Kier alpha value is -0.120. The first-order chi connectivity index (χ1) is 6.84. The highest BCUT2D eigenvalue weighted by Gasteiger charge is 2.20.